The van der Waals surface area contributed by atoms with Crippen LogP contribution in [-0.4, -0.2) is 5.11 Å². The Hall–Kier alpha value is -1.06. The van der Waals surface area contributed by atoms with E-state index in [1.165, 1.54) is 10.3 Å². The second-order valence-corrected chi connectivity index (χ2v) is 7.86. The Morgan fingerprint density at radius 2 is 1.79 bits per heavy atom. The Labute approximate surface area is 125 Å². The third kappa shape index (κ3) is 2.15. The highest BCUT2D eigenvalue weighted by Gasteiger charge is 2.16. The van der Waals surface area contributed by atoms with Gasteiger partial charge in [0.2, 0.25) is 0 Å². The van der Waals surface area contributed by atoms with E-state index in [9.17, 15) is 5.11 Å². The lowest BCUT2D eigenvalue weighted by Crippen LogP contribution is -2.10. The number of aromatic hydroxyl groups is 1. The zero-order valence-electron chi connectivity index (χ0n) is 11.1. The molecule has 0 aliphatic heterocycles. The van der Waals surface area contributed by atoms with Crippen LogP contribution in [0.25, 0.3) is 20.2 Å². The molecule has 0 unspecified atom stereocenters. The van der Waals surface area contributed by atoms with E-state index in [0.717, 1.165) is 19.9 Å². The van der Waals surface area contributed by atoms with Gasteiger partial charge in [0.05, 0.1) is 0 Å². The molecule has 1 aromatic heterocycles. The fourth-order valence-electron chi connectivity index (χ4n) is 2.32. The van der Waals surface area contributed by atoms with Gasteiger partial charge in [-0.15, -0.1) is 11.3 Å². The van der Waals surface area contributed by atoms with Crippen molar-refractivity contribution in [2.24, 2.45) is 0 Å². The summed E-state index contributed by atoms with van der Waals surface area (Å²) >= 11 is 5.16. The summed E-state index contributed by atoms with van der Waals surface area (Å²) in [4.78, 5) is 0. The van der Waals surface area contributed by atoms with Gasteiger partial charge in [-0.1, -0.05) is 48.8 Å². The summed E-state index contributed by atoms with van der Waals surface area (Å²) in [6, 6.07) is 10.4. The maximum atomic E-state index is 10.1. The number of phenolic OH excluding ortho intramolecular Hbond substituents is 1. The van der Waals surface area contributed by atoms with E-state index in [-0.39, 0.29) is 5.41 Å². The third-order valence-corrected chi connectivity index (χ3v) is 4.94. The number of halogens is 1. The van der Waals surface area contributed by atoms with E-state index >= 15 is 0 Å². The van der Waals surface area contributed by atoms with Crippen LogP contribution in [0.1, 0.15) is 26.3 Å². The average molecular weight is 335 g/mol. The van der Waals surface area contributed by atoms with E-state index in [1.54, 1.807) is 17.4 Å². The van der Waals surface area contributed by atoms with Crippen LogP contribution < -0.4 is 0 Å². The van der Waals surface area contributed by atoms with E-state index in [4.69, 9.17) is 0 Å². The smallest absolute Gasteiger partial charge is 0.126 e. The van der Waals surface area contributed by atoms with Gasteiger partial charge in [0, 0.05) is 24.6 Å². The van der Waals surface area contributed by atoms with Crippen molar-refractivity contribution in [2.45, 2.75) is 26.2 Å². The molecule has 0 aliphatic rings. The Morgan fingerprint density at radius 3 is 2.47 bits per heavy atom. The van der Waals surface area contributed by atoms with Gasteiger partial charge >= 0.3 is 0 Å². The molecule has 1 N–H and O–H groups in total. The molecule has 0 saturated heterocycles. The fourth-order valence-corrected chi connectivity index (χ4v) is 4.12. The van der Waals surface area contributed by atoms with Crippen molar-refractivity contribution in [3.8, 4) is 5.75 Å². The maximum absolute atomic E-state index is 10.1. The SMILES string of the molecule is CC(C)(C)c1ccc2c(c1)sc1cc(Br)cc(O)c12. The fraction of sp³-hybridized carbons (Fsp3) is 0.250. The van der Waals surface area contributed by atoms with Crippen LogP contribution in [0.4, 0.5) is 0 Å². The molecular formula is C16H15BrOS. The molecular weight excluding hydrogens is 320 g/mol. The van der Waals surface area contributed by atoms with Gasteiger partial charge in [-0.2, -0.15) is 0 Å². The number of hydrogen-bond acceptors (Lipinski definition) is 2. The second kappa shape index (κ2) is 4.22. The normalized spacial score (nSPS) is 12.4. The molecule has 0 radical (unpaired) electrons. The van der Waals surface area contributed by atoms with E-state index in [2.05, 4.69) is 61.0 Å². The van der Waals surface area contributed by atoms with Crippen LogP contribution in [0.3, 0.4) is 0 Å². The quantitative estimate of drug-likeness (QED) is 0.549. The van der Waals surface area contributed by atoms with E-state index in [0.29, 0.717) is 5.75 Å². The number of rotatable bonds is 0. The minimum absolute atomic E-state index is 0.146. The van der Waals surface area contributed by atoms with Crippen molar-refractivity contribution in [2.75, 3.05) is 0 Å². The first-order valence-corrected chi connectivity index (χ1v) is 7.82. The van der Waals surface area contributed by atoms with Crippen LogP contribution in [0.5, 0.6) is 5.75 Å². The molecule has 1 heterocycles. The Morgan fingerprint density at radius 1 is 1.05 bits per heavy atom. The molecule has 0 aliphatic carbocycles. The van der Waals surface area contributed by atoms with Gasteiger partial charge < -0.3 is 5.11 Å². The molecule has 3 aromatic rings. The molecule has 0 atom stereocenters. The first-order chi connectivity index (χ1) is 8.86. The standard InChI is InChI=1S/C16H15BrOS/c1-16(2,3)9-4-5-11-13(6-9)19-14-8-10(17)7-12(18)15(11)14/h4-8,18H,1-3H3. The highest BCUT2D eigenvalue weighted by molar-refractivity contribution is 9.10. The summed E-state index contributed by atoms with van der Waals surface area (Å²) in [6.45, 7) is 6.65. The predicted molar refractivity (Wildman–Crippen MR) is 87.4 cm³/mol. The maximum Gasteiger partial charge on any atom is 0.126 e. The molecule has 0 saturated carbocycles. The van der Waals surface area contributed by atoms with Crippen molar-refractivity contribution in [1.82, 2.24) is 0 Å². The van der Waals surface area contributed by atoms with Crippen molar-refractivity contribution >= 4 is 47.4 Å². The molecule has 0 amide bonds. The zero-order chi connectivity index (χ0) is 13.8. The molecule has 3 heteroatoms. The van der Waals surface area contributed by atoms with Crippen LogP contribution in [-0.2, 0) is 5.41 Å². The minimum Gasteiger partial charge on any atom is -0.507 e. The number of hydrogen-bond donors (Lipinski definition) is 1. The van der Waals surface area contributed by atoms with Crippen LogP contribution in [0.15, 0.2) is 34.8 Å². The number of phenols is 1. The largest absolute Gasteiger partial charge is 0.507 e. The first-order valence-electron chi connectivity index (χ1n) is 6.21. The van der Waals surface area contributed by atoms with Gasteiger partial charge in [0.25, 0.3) is 0 Å². The highest BCUT2D eigenvalue weighted by atomic mass is 79.9. The van der Waals surface area contributed by atoms with Crippen molar-refractivity contribution in [3.05, 3.63) is 40.4 Å². The molecule has 19 heavy (non-hydrogen) atoms. The van der Waals surface area contributed by atoms with E-state index < -0.39 is 0 Å². The van der Waals surface area contributed by atoms with Crippen LogP contribution in [0, 0.1) is 0 Å². The molecule has 0 spiro atoms. The van der Waals surface area contributed by atoms with Gasteiger partial charge in [0.1, 0.15) is 5.75 Å². The number of fused-ring (bicyclic) bond motifs is 3. The third-order valence-electron chi connectivity index (χ3n) is 3.38. The molecule has 98 valence electrons. The van der Waals surface area contributed by atoms with Crippen molar-refractivity contribution in [3.63, 3.8) is 0 Å². The van der Waals surface area contributed by atoms with Crippen molar-refractivity contribution < 1.29 is 5.11 Å². The predicted octanol–water partition coefficient (Wildman–Crippen LogP) is 5.82. The Kier molecular flexibility index (Phi) is 2.88. The minimum atomic E-state index is 0.146. The van der Waals surface area contributed by atoms with Gasteiger partial charge in [0.15, 0.2) is 0 Å². The summed E-state index contributed by atoms with van der Waals surface area (Å²) in [7, 11) is 0. The molecule has 3 rings (SSSR count). The summed E-state index contributed by atoms with van der Waals surface area (Å²) in [6.07, 6.45) is 0. The van der Waals surface area contributed by atoms with Gasteiger partial charge in [-0.3, -0.25) is 0 Å². The van der Waals surface area contributed by atoms with Gasteiger partial charge in [-0.25, -0.2) is 0 Å². The topological polar surface area (TPSA) is 20.2 Å². The monoisotopic (exact) mass is 334 g/mol. The first kappa shape index (κ1) is 12.9. The van der Waals surface area contributed by atoms with Crippen molar-refractivity contribution in [1.29, 1.82) is 0 Å². The van der Waals surface area contributed by atoms with E-state index in [1.807, 2.05) is 0 Å². The summed E-state index contributed by atoms with van der Waals surface area (Å²) in [5.74, 6) is 0.346. The lowest BCUT2D eigenvalue weighted by molar-refractivity contribution is 0.482. The molecule has 2 aromatic carbocycles. The van der Waals surface area contributed by atoms with Gasteiger partial charge in [-0.05, 0) is 29.2 Å². The lowest BCUT2D eigenvalue weighted by Gasteiger charge is -2.18. The number of benzene rings is 2. The van der Waals surface area contributed by atoms with Crippen LogP contribution in [0.2, 0.25) is 0 Å². The summed E-state index contributed by atoms with van der Waals surface area (Å²) in [5.41, 5.74) is 1.47. The lowest BCUT2D eigenvalue weighted by atomic mass is 9.87. The number of thiophene rings is 1. The Balaban J connectivity index is 2.38. The molecule has 1 nitrogen and oxygen atoms in total. The highest BCUT2D eigenvalue weighted by Crippen LogP contribution is 2.42. The second-order valence-electron chi connectivity index (χ2n) is 5.86. The average Bonchev–Trinajstić information content (AvgIpc) is 2.64. The summed E-state index contributed by atoms with van der Waals surface area (Å²) < 4.78 is 3.27. The molecule has 0 bridgehead atoms. The summed E-state index contributed by atoms with van der Waals surface area (Å²) in [5, 5.41) is 12.2. The Bertz CT molecular complexity index is 781. The van der Waals surface area contributed by atoms with Crippen LogP contribution >= 0.6 is 27.3 Å². The molecule has 0 fully saturated rings. The zero-order valence-corrected chi connectivity index (χ0v) is 13.5.